The number of nitrogens with one attached hydrogen (secondary N) is 1. The van der Waals surface area contributed by atoms with Gasteiger partial charge in [0.1, 0.15) is 11.6 Å². The van der Waals surface area contributed by atoms with E-state index in [4.69, 9.17) is 9.72 Å². The molecule has 1 aliphatic rings. The molecule has 0 radical (unpaired) electrons. The Bertz CT molecular complexity index is 1220. The van der Waals surface area contributed by atoms with Gasteiger partial charge in [-0.3, -0.25) is 9.69 Å². The van der Waals surface area contributed by atoms with E-state index in [0.29, 0.717) is 11.8 Å². The van der Waals surface area contributed by atoms with Crippen LogP contribution in [0.15, 0.2) is 78.9 Å². The zero-order chi connectivity index (χ0) is 21.9. The van der Waals surface area contributed by atoms with Crippen molar-refractivity contribution in [3.63, 3.8) is 0 Å². The summed E-state index contributed by atoms with van der Waals surface area (Å²) >= 11 is 0. The molecule has 0 aliphatic carbocycles. The minimum absolute atomic E-state index is 0.0337. The minimum Gasteiger partial charge on any atom is -0.484 e. The first-order chi connectivity index (χ1) is 15.7. The highest BCUT2D eigenvalue weighted by molar-refractivity contribution is 5.94. The van der Waals surface area contributed by atoms with Crippen LogP contribution in [0.25, 0.3) is 11.0 Å². The van der Waals surface area contributed by atoms with E-state index in [2.05, 4.69) is 52.0 Å². The Morgan fingerprint density at radius 2 is 1.78 bits per heavy atom. The van der Waals surface area contributed by atoms with E-state index in [1.165, 1.54) is 5.56 Å². The van der Waals surface area contributed by atoms with Crippen LogP contribution in [0, 0.1) is 0 Å². The smallest absolute Gasteiger partial charge is 0.262 e. The Labute approximate surface area is 187 Å². The second-order valence-electron chi connectivity index (χ2n) is 8.09. The maximum Gasteiger partial charge on any atom is 0.262 e. The molecule has 1 aliphatic heterocycles. The zero-order valence-electron chi connectivity index (χ0n) is 18.1. The van der Waals surface area contributed by atoms with Gasteiger partial charge in [-0.1, -0.05) is 48.5 Å². The van der Waals surface area contributed by atoms with E-state index >= 15 is 0 Å². The van der Waals surface area contributed by atoms with Crippen LogP contribution in [0.3, 0.4) is 0 Å². The predicted octanol–water partition coefficient (Wildman–Crippen LogP) is 4.63. The maximum absolute atomic E-state index is 12.3. The molecule has 4 aromatic rings. The summed E-state index contributed by atoms with van der Waals surface area (Å²) < 4.78 is 7.81. The topological polar surface area (TPSA) is 59.4 Å². The number of ether oxygens (including phenoxy) is 1. The molecule has 1 aromatic heterocycles. The third-order valence-corrected chi connectivity index (χ3v) is 6.01. The molecule has 3 aromatic carbocycles. The summed E-state index contributed by atoms with van der Waals surface area (Å²) in [7, 11) is 0. The molecule has 0 saturated carbocycles. The van der Waals surface area contributed by atoms with E-state index in [1.807, 2.05) is 48.5 Å². The van der Waals surface area contributed by atoms with Crippen LogP contribution < -0.4 is 10.1 Å². The Morgan fingerprint density at radius 1 is 1.03 bits per heavy atom. The van der Waals surface area contributed by atoms with Gasteiger partial charge in [0.25, 0.3) is 5.91 Å². The molecule has 0 unspecified atom stereocenters. The average Bonchev–Trinajstić information content (AvgIpc) is 3.20. The number of benzene rings is 3. The summed E-state index contributed by atoms with van der Waals surface area (Å²) in [5.41, 5.74) is 4.05. The normalized spacial score (nSPS) is 14.7. The third kappa shape index (κ3) is 4.22. The Kier molecular flexibility index (Phi) is 5.60. The zero-order valence-corrected chi connectivity index (χ0v) is 18.1. The molecule has 162 valence electrons. The van der Waals surface area contributed by atoms with Crippen LogP contribution >= 0.6 is 0 Å². The molecule has 2 heterocycles. The van der Waals surface area contributed by atoms with Gasteiger partial charge < -0.3 is 14.6 Å². The lowest BCUT2D eigenvalue weighted by Gasteiger charge is -2.33. The van der Waals surface area contributed by atoms with Crippen molar-refractivity contribution in [3.8, 4) is 5.75 Å². The summed E-state index contributed by atoms with van der Waals surface area (Å²) in [5.74, 6) is 1.54. The van der Waals surface area contributed by atoms with E-state index < -0.39 is 0 Å². The fourth-order valence-corrected chi connectivity index (χ4v) is 4.25. The van der Waals surface area contributed by atoms with Crippen LogP contribution in [0.1, 0.15) is 24.4 Å². The summed E-state index contributed by atoms with van der Waals surface area (Å²) in [6.07, 6.45) is 0. The van der Waals surface area contributed by atoms with Crippen molar-refractivity contribution >= 4 is 22.6 Å². The van der Waals surface area contributed by atoms with E-state index in [1.54, 1.807) is 0 Å². The van der Waals surface area contributed by atoms with E-state index in [9.17, 15) is 4.79 Å². The first kappa shape index (κ1) is 20.3. The molecule has 0 bridgehead atoms. The van der Waals surface area contributed by atoms with E-state index in [-0.39, 0.29) is 12.5 Å². The fourth-order valence-electron chi connectivity index (χ4n) is 4.25. The number of carbonyl (C=O) groups is 1. The number of nitrogens with zero attached hydrogens (tertiary/aromatic N) is 3. The molecule has 1 amide bonds. The lowest BCUT2D eigenvalue weighted by atomic mass is 10.1. The van der Waals surface area contributed by atoms with Crippen LogP contribution in [0.5, 0.6) is 5.75 Å². The molecule has 1 N–H and O–H groups in total. The van der Waals surface area contributed by atoms with Crippen molar-refractivity contribution in [1.82, 2.24) is 14.5 Å². The van der Waals surface area contributed by atoms with Crippen molar-refractivity contribution in [2.45, 2.75) is 26.1 Å². The Hall–Kier alpha value is -3.64. The van der Waals surface area contributed by atoms with Gasteiger partial charge in [-0.15, -0.1) is 0 Å². The van der Waals surface area contributed by atoms with Crippen molar-refractivity contribution in [3.05, 3.63) is 90.3 Å². The molecule has 0 saturated heterocycles. The molecule has 6 nitrogen and oxygen atoms in total. The van der Waals surface area contributed by atoms with Crippen molar-refractivity contribution < 1.29 is 9.53 Å². The summed E-state index contributed by atoms with van der Waals surface area (Å²) in [5, 5.41) is 2.91. The molecule has 0 spiro atoms. The molecule has 32 heavy (non-hydrogen) atoms. The largest absolute Gasteiger partial charge is 0.484 e. The van der Waals surface area contributed by atoms with Crippen LogP contribution in [0.2, 0.25) is 0 Å². The number of hydrogen-bond acceptors (Lipinski definition) is 4. The average molecular weight is 427 g/mol. The van der Waals surface area contributed by atoms with Gasteiger partial charge in [0, 0.05) is 24.8 Å². The molecule has 1 atom stereocenters. The number of imidazole rings is 1. The summed E-state index contributed by atoms with van der Waals surface area (Å²) in [4.78, 5) is 19.6. The molecule has 5 rings (SSSR count). The monoisotopic (exact) mass is 426 g/mol. The van der Waals surface area contributed by atoms with Crippen molar-refractivity contribution in [2.24, 2.45) is 0 Å². The van der Waals surface area contributed by atoms with Crippen LogP contribution in [-0.2, 0) is 17.9 Å². The molecule has 6 heteroatoms. The highest BCUT2D eigenvalue weighted by Crippen LogP contribution is 2.28. The highest BCUT2D eigenvalue weighted by atomic mass is 16.5. The SMILES string of the molecule is C[C@H](c1ccccc1)N1CCn2c(nc3cc(NC(=O)COc4ccccc4)ccc32)C1. The standard InChI is InChI=1S/C26H26N4O2/c1-19(20-8-4-2-5-9-20)29-14-15-30-24-13-12-21(16-23(24)28-25(30)17-29)27-26(31)18-32-22-10-6-3-7-11-22/h2-13,16,19H,14-15,17-18H2,1H3,(H,27,31)/t19-/m1/s1. The summed E-state index contributed by atoms with van der Waals surface area (Å²) in [6, 6.07) is 26.2. The lowest BCUT2D eigenvalue weighted by molar-refractivity contribution is -0.118. The van der Waals surface area contributed by atoms with Gasteiger partial charge in [0.15, 0.2) is 6.61 Å². The Balaban J connectivity index is 1.27. The lowest BCUT2D eigenvalue weighted by Crippen LogP contribution is -2.35. The van der Waals surface area contributed by atoms with Crippen LogP contribution in [-0.4, -0.2) is 33.5 Å². The Morgan fingerprint density at radius 3 is 2.56 bits per heavy atom. The van der Waals surface area contributed by atoms with Crippen molar-refractivity contribution in [1.29, 1.82) is 0 Å². The van der Waals surface area contributed by atoms with Gasteiger partial charge in [0.2, 0.25) is 0 Å². The second-order valence-corrected chi connectivity index (χ2v) is 8.09. The highest BCUT2D eigenvalue weighted by Gasteiger charge is 2.24. The number of rotatable bonds is 6. The number of aromatic nitrogens is 2. The predicted molar refractivity (Wildman–Crippen MR) is 126 cm³/mol. The molecular formula is C26H26N4O2. The van der Waals surface area contributed by atoms with Gasteiger partial charge in [-0.25, -0.2) is 4.98 Å². The third-order valence-electron chi connectivity index (χ3n) is 6.01. The first-order valence-corrected chi connectivity index (χ1v) is 10.9. The minimum atomic E-state index is -0.194. The molecule has 0 fully saturated rings. The number of para-hydroxylation sites is 1. The number of carbonyl (C=O) groups excluding carboxylic acids is 1. The quantitative estimate of drug-likeness (QED) is 0.488. The molecular weight excluding hydrogens is 400 g/mol. The number of amides is 1. The van der Waals surface area contributed by atoms with Crippen molar-refractivity contribution in [2.75, 3.05) is 18.5 Å². The van der Waals surface area contributed by atoms with Gasteiger partial charge >= 0.3 is 0 Å². The van der Waals surface area contributed by atoms with Crippen LogP contribution in [0.4, 0.5) is 5.69 Å². The van der Waals surface area contributed by atoms with Gasteiger partial charge in [-0.2, -0.15) is 0 Å². The van der Waals surface area contributed by atoms with Gasteiger partial charge in [-0.05, 0) is 42.8 Å². The number of anilines is 1. The van der Waals surface area contributed by atoms with E-state index in [0.717, 1.165) is 42.2 Å². The first-order valence-electron chi connectivity index (χ1n) is 10.9. The fraction of sp³-hybridized carbons (Fsp3) is 0.231. The maximum atomic E-state index is 12.3. The second kappa shape index (κ2) is 8.85. The summed E-state index contributed by atoms with van der Waals surface area (Å²) in [6.45, 7) is 4.90. The number of fused-ring (bicyclic) bond motifs is 3. The number of hydrogen-bond donors (Lipinski definition) is 1. The van der Waals surface area contributed by atoms with Gasteiger partial charge in [0.05, 0.1) is 17.6 Å².